The maximum atomic E-state index is 11.3. The third-order valence-electron chi connectivity index (χ3n) is 2.63. The minimum absolute atomic E-state index is 0.0325. The Morgan fingerprint density at radius 1 is 1.56 bits per heavy atom. The van der Waals surface area contributed by atoms with E-state index >= 15 is 0 Å². The molecule has 18 heavy (non-hydrogen) atoms. The number of non-ortho nitro benzene ring substituents is 1. The predicted octanol–water partition coefficient (Wildman–Crippen LogP) is 1.84. The highest BCUT2D eigenvalue weighted by atomic mass is 16.6. The van der Waals surface area contributed by atoms with Crippen molar-refractivity contribution in [3.05, 3.63) is 34.4 Å². The number of nitrogens with zero attached hydrogens (tertiary/aromatic N) is 2. The molecule has 1 aromatic rings. The van der Waals surface area contributed by atoms with Crippen LogP contribution in [0.15, 0.2) is 24.3 Å². The lowest BCUT2D eigenvalue weighted by Gasteiger charge is -2.21. The second-order valence-electron chi connectivity index (χ2n) is 4.08. The third-order valence-corrected chi connectivity index (χ3v) is 2.63. The lowest BCUT2D eigenvalue weighted by molar-refractivity contribution is -0.384. The van der Waals surface area contributed by atoms with Crippen LogP contribution in [0, 0.1) is 16.0 Å². The second-order valence-corrected chi connectivity index (χ2v) is 4.08. The van der Waals surface area contributed by atoms with Crippen LogP contribution in [-0.2, 0) is 9.53 Å². The fourth-order valence-electron chi connectivity index (χ4n) is 1.64. The summed E-state index contributed by atoms with van der Waals surface area (Å²) in [6.07, 6.45) is 0. The Kier molecular flexibility index (Phi) is 4.65. The van der Waals surface area contributed by atoms with E-state index in [9.17, 15) is 14.9 Å². The molecule has 0 aliphatic heterocycles. The summed E-state index contributed by atoms with van der Waals surface area (Å²) in [5, 5.41) is 10.7. The van der Waals surface area contributed by atoms with E-state index in [2.05, 4.69) is 4.74 Å². The summed E-state index contributed by atoms with van der Waals surface area (Å²) in [7, 11) is 3.12. The Bertz CT molecular complexity index is 447. The van der Waals surface area contributed by atoms with Crippen molar-refractivity contribution in [1.82, 2.24) is 0 Å². The van der Waals surface area contributed by atoms with Crippen LogP contribution in [0.3, 0.4) is 0 Å². The first-order chi connectivity index (χ1) is 8.45. The molecule has 0 fully saturated rings. The van der Waals surface area contributed by atoms with Crippen LogP contribution >= 0.6 is 0 Å². The first-order valence-electron chi connectivity index (χ1n) is 5.49. The Labute approximate surface area is 105 Å². The zero-order chi connectivity index (χ0) is 13.7. The fourth-order valence-corrected chi connectivity index (χ4v) is 1.64. The molecule has 0 spiro atoms. The van der Waals surface area contributed by atoms with E-state index in [0.717, 1.165) is 0 Å². The molecule has 0 saturated heterocycles. The van der Waals surface area contributed by atoms with Crippen molar-refractivity contribution < 1.29 is 14.5 Å². The first-order valence-corrected chi connectivity index (χ1v) is 5.49. The maximum absolute atomic E-state index is 11.3. The molecule has 0 bridgehead atoms. The topological polar surface area (TPSA) is 72.7 Å². The van der Waals surface area contributed by atoms with Gasteiger partial charge in [0.2, 0.25) is 0 Å². The van der Waals surface area contributed by atoms with Crippen molar-refractivity contribution in [1.29, 1.82) is 0 Å². The molecule has 0 heterocycles. The zero-order valence-electron chi connectivity index (χ0n) is 10.6. The molecule has 0 saturated carbocycles. The molecule has 1 atom stereocenters. The maximum Gasteiger partial charge on any atom is 0.310 e. The Morgan fingerprint density at radius 2 is 2.22 bits per heavy atom. The van der Waals surface area contributed by atoms with E-state index in [4.69, 9.17) is 0 Å². The van der Waals surface area contributed by atoms with Crippen LogP contribution < -0.4 is 4.90 Å². The SMILES string of the molecule is COC(=O)C(C)CN(C)c1cccc([N+](=O)[O-])c1. The average molecular weight is 252 g/mol. The molecular formula is C12H16N2O4. The van der Waals surface area contributed by atoms with Crippen LogP contribution in [0.1, 0.15) is 6.92 Å². The summed E-state index contributed by atoms with van der Waals surface area (Å²) in [4.78, 5) is 23.3. The Hall–Kier alpha value is -2.11. The Balaban J connectivity index is 2.78. The van der Waals surface area contributed by atoms with Gasteiger partial charge in [0.25, 0.3) is 5.69 Å². The van der Waals surface area contributed by atoms with Crippen LogP contribution in [0.4, 0.5) is 11.4 Å². The van der Waals surface area contributed by atoms with Crippen molar-refractivity contribution in [2.75, 3.05) is 25.6 Å². The van der Waals surface area contributed by atoms with Gasteiger partial charge >= 0.3 is 5.97 Å². The number of nitro groups is 1. The van der Waals surface area contributed by atoms with E-state index in [1.165, 1.54) is 19.2 Å². The monoisotopic (exact) mass is 252 g/mol. The number of nitro benzene ring substituents is 1. The molecule has 0 radical (unpaired) electrons. The molecule has 0 aliphatic carbocycles. The zero-order valence-corrected chi connectivity index (χ0v) is 10.6. The predicted molar refractivity (Wildman–Crippen MR) is 67.5 cm³/mol. The standard InChI is InChI=1S/C12H16N2O4/c1-9(12(15)18-3)8-13(2)10-5-4-6-11(7-10)14(16)17/h4-7,9H,8H2,1-3H3. The van der Waals surface area contributed by atoms with Gasteiger partial charge in [-0.1, -0.05) is 13.0 Å². The molecule has 0 N–H and O–H groups in total. The summed E-state index contributed by atoms with van der Waals surface area (Å²) in [5.74, 6) is -0.591. The van der Waals surface area contributed by atoms with Crippen molar-refractivity contribution >= 4 is 17.3 Å². The van der Waals surface area contributed by atoms with Crippen LogP contribution in [-0.4, -0.2) is 31.6 Å². The molecule has 1 rings (SSSR count). The molecule has 0 amide bonds. The molecule has 6 heteroatoms. The summed E-state index contributed by atoms with van der Waals surface area (Å²) < 4.78 is 4.64. The fraction of sp³-hybridized carbons (Fsp3) is 0.417. The summed E-state index contributed by atoms with van der Waals surface area (Å²) in [6, 6.07) is 6.29. The van der Waals surface area contributed by atoms with Gasteiger partial charge in [-0.2, -0.15) is 0 Å². The molecule has 6 nitrogen and oxygen atoms in total. The minimum atomic E-state index is -0.443. The van der Waals surface area contributed by atoms with Gasteiger partial charge in [-0.05, 0) is 6.07 Å². The highest BCUT2D eigenvalue weighted by molar-refractivity contribution is 5.72. The normalized spacial score (nSPS) is 11.7. The van der Waals surface area contributed by atoms with Crippen molar-refractivity contribution in [3.63, 3.8) is 0 Å². The van der Waals surface area contributed by atoms with Gasteiger partial charge < -0.3 is 9.64 Å². The number of carbonyl (C=O) groups excluding carboxylic acids is 1. The highest BCUT2D eigenvalue weighted by Crippen LogP contribution is 2.20. The molecule has 0 aromatic heterocycles. The van der Waals surface area contributed by atoms with E-state index < -0.39 is 4.92 Å². The van der Waals surface area contributed by atoms with Gasteiger partial charge in [-0.3, -0.25) is 14.9 Å². The van der Waals surface area contributed by atoms with Gasteiger partial charge in [0, 0.05) is 31.4 Å². The number of hydrogen-bond donors (Lipinski definition) is 0. The van der Waals surface area contributed by atoms with Crippen molar-refractivity contribution in [3.8, 4) is 0 Å². The number of esters is 1. The number of rotatable bonds is 5. The van der Waals surface area contributed by atoms with Crippen molar-refractivity contribution in [2.24, 2.45) is 5.92 Å². The quantitative estimate of drug-likeness (QED) is 0.454. The van der Waals surface area contributed by atoms with Crippen LogP contribution in [0.2, 0.25) is 0 Å². The Morgan fingerprint density at radius 3 is 2.78 bits per heavy atom. The summed E-state index contributed by atoms with van der Waals surface area (Å²) >= 11 is 0. The summed E-state index contributed by atoms with van der Waals surface area (Å²) in [5.41, 5.74) is 0.727. The van der Waals surface area contributed by atoms with Gasteiger partial charge in [-0.15, -0.1) is 0 Å². The van der Waals surface area contributed by atoms with Gasteiger partial charge in [-0.25, -0.2) is 0 Å². The second kappa shape index (κ2) is 6.00. The average Bonchev–Trinajstić information content (AvgIpc) is 2.37. The van der Waals surface area contributed by atoms with E-state index in [1.807, 2.05) is 0 Å². The van der Waals surface area contributed by atoms with Gasteiger partial charge in [0.1, 0.15) is 0 Å². The molecule has 1 unspecified atom stereocenters. The minimum Gasteiger partial charge on any atom is -0.469 e. The smallest absolute Gasteiger partial charge is 0.310 e. The van der Waals surface area contributed by atoms with Crippen LogP contribution in [0.25, 0.3) is 0 Å². The van der Waals surface area contributed by atoms with E-state index in [1.54, 1.807) is 31.0 Å². The number of methoxy groups -OCH3 is 1. The molecule has 98 valence electrons. The number of anilines is 1. The number of hydrogen-bond acceptors (Lipinski definition) is 5. The lowest BCUT2D eigenvalue weighted by Crippen LogP contribution is -2.29. The van der Waals surface area contributed by atoms with E-state index in [0.29, 0.717) is 12.2 Å². The highest BCUT2D eigenvalue weighted by Gasteiger charge is 2.16. The van der Waals surface area contributed by atoms with Crippen molar-refractivity contribution in [2.45, 2.75) is 6.92 Å². The number of benzene rings is 1. The number of carbonyl (C=O) groups is 1. The lowest BCUT2D eigenvalue weighted by atomic mass is 10.1. The first kappa shape index (κ1) is 14.0. The van der Waals surface area contributed by atoms with Gasteiger partial charge in [0.05, 0.1) is 18.0 Å². The third kappa shape index (κ3) is 3.44. The molecular weight excluding hydrogens is 236 g/mol. The van der Waals surface area contributed by atoms with E-state index in [-0.39, 0.29) is 17.6 Å². The summed E-state index contributed by atoms with van der Waals surface area (Å²) in [6.45, 7) is 2.19. The van der Waals surface area contributed by atoms with Crippen LogP contribution in [0.5, 0.6) is 0 Å². The van der Waals surface area contributed by atoms with Gasteiger partial charge in [0.15, 0.2) is 0 Å². The molecule has 1 aromatic carbocycles. The molecule has 0 aliphatic rings. The number of ether oxygens (including phenoxy) is 1. The largest absolute Gasteiger partial charge is 0.469 e.